The van der Waals surface area contributed by atoms with E-state index < -0.39 is 18.6 Å². The molecule has 0 heterocycles. The number of hydrogen-bond donors (Lipinski definition) is 5. The first-order chi connectivity index (χ1) is 8.42. The number of carboxylic acid groups (broad SMARTS) is 1. The molecule has 6 N–H and O–H groups in total. The third-order valence-corrected chi connectivity index (χ3v) is 2.91. The van der Waals surface area contributed by atoms with Crippen LogP contribution in [0.2, 0.25) is 6.32 Å². The van der Waals surface area contributed by atoms with Crippen molar-refractivity contribution in [1.82, 2.24) is 5.32 Å². The molecule has 0 aromatic carbocycles. The molecule has 0 saturated heterocycles. The van der Waals surface area contributed by atoms with Crippen molar-refractivity contribution in [2.75, 3.05) is 13.1 Å². The zero-order chi connectivity index (χ0) is 14.0. The van der Waals surface area contributed by atoms with Crippen molar-refractivity contribution < 1.29 is 19.9 Å². The van der Waals surface area contributed by atoms with E-state index in [1.807, 2.05) is 0 Å². The molecule has 0 aliphatic carbocycles. The van der Waals surface area contributed by atoms with E-state index in [9.17, 15) is 4.79 Å². The van der Waals surface area contributed by atoms with Gasteiger partial charge < -0.3 is 26.2 Å². The van der Waals surface area contributed by atoms with Gasteiger partial charge in [-0.3, -0.25) is 4.79 Å². The monoisotopic (exact) mass is 332 g/mol. The minimum atomic E-state index is -1.33. The third kappa shape index (κ3) is 11.8. The van der Waals surface area contributed by atoms with Gasteiger partial charge in [-0.05, 0) is 25.7 Å². The summed E-state index contributed by atoms with van der Waals surface area (Å²) in [6.07, 6.45) is 3.74. The second-order valence-electron chi connectivity index (χ2n) is 4.72. The molecule has 0 aliphatic rings. The topological polar surface area (TPSA) is 116 Å². The lowest BCUT2D eigenvalue weighted by Gasteiger charge is -2.25. The highest BCUT2D eigenvalue weighted by Gasteiger charge is 2.32. The summed E-state index contributed by atoms with van der Waals surface area (Å²) >= 11 is 0. The summed E-state index contributed by atoms with van der Waals surface area (Å²) in [5, 5.41) is 29.6. The molecule has 0 saturated carbocycles. The van der Waals surface area contributed by atoms with Crippen LogP contribution in [0.25, 0.3) is 0 Å². The number of rotatable bonds is 11. The molecule has 1 unspecified atom stereocenters. The summed E-state index contributed by atoms with van der Waals surface area (Å²) in [4.78, 5) is 11.1. The van der Waals surface area contributed by atoms with E-state index in [0.717, 1.165) is 19.4 Å². The summed E-state index contributed by atoms with van der Waals surface area (Å²) in [7, 11) is -1.33. The van der Waals surface area contributed by atoms with E-state index in [4.69, 9.17) is 20.9 Å². The number of unbranched alkanes of at least 4 members (excludes halogenated alkanes) is 2. The van der Waals surface area contributed by atoms with Crippen molar-refractivity contribution in [2.24, 2.45) is 5.73 Å². The molecule has 0 aromatic heterocycles. The zero-order valence-electron chi connectivity index (χ0n) is 11.9. The smallest absolute Gasteiger partial charge is 0.451 e. The summed E-state index contributed by atoms with van der Waals surface area (Å²) in [5.74, 6) is -1.02. The molecule has 0 amide bonds. The molecule has 0 rings (SSSR count). The van der Waals surface area contributed by atoms with Crippen molar-refractivity contribution in [3.8, 4) is 0 Å². The lowest BCUT2D eigenvalue weighted by atomic mass is 9.82. The maximum Gasteiger partial charge on any atom is 0.451 e. The van der Waals surface area contributed by atoms with Gasteiger partial charge in [-0.1, -0.05) is 26.2 Å². The van der Waals surface area contributed by atoms with Crippen LogP contribution in [-0.4, -0.2) is 46.9 Å². The fourth-order valence-corrected chi connectivity index (χ4v) is 1.65. The van der Waals surface area contributed by atoms with Crippen LogP contribution in [0, 0.1) is 0 Å². The van der Waals surface area contributed by atoms with Gasteiger partial charge in [0.1, 0.15) is 5.54 Å². The predicted octanol–water partition coefficient (Wildman–Crippen LogP) is 0.645. The Kier molecular flexibility index (Phi) is 17.4. The molecule has 0 aromatic rings. The average Bonchev–Trinajstić information content (AvgIpc) is 2.30. The second-order valence-corrected chi connectivity index (χ2v) is 4.72. The Hall–Kier alpha value is -0.0451. The first kappa shape index (κ1) is 24.9. The Labute approximate surface area is 133 Å². The molecule has 0 bridgehead atoms. The molecular weight excluding hydrogens is 306 g/mol. The SMILES string of the molecule is CCCCNCC(N)(CCCCB(O)O)C(=O)O.Cl.Cl. The molecule has 0 spiro atoms. The van der Waals surface area contributed by atoms with Crippen LogP contribution in [0.5, 0.6) is 0 Å². The van der Waals surface area contributed by atoms with Crippen molar-refractivity contribution in [3.05, 3.63) is 0 Å². The summed E-state index contributed by atoms with van der Waals surface area (Å²) in [6.45, 7) is 3.07. The van der Waals surface area contributed by atoms with E-state index in [2.05, 4.69) is 12.2 Å². The van der Waals surface area contributed by atoms with Gasteiger partial charge >= 0.3 is 13.1 Å². The highest BCUT2D eigenvalue weighted by molar-refractivity contribution is 6.40. The number of carbonyl (C=O) groups is 1. The summed E-state index contributed by atoms with van der Waals surface area (Å²) < 4.78 is 0. The minimum absolute atomic E-state index is 0. The number of nitrogens with one attached hydrogen (secondary N) is 1. The highest BCUT2D eigenvalue weighted by atomic mass is 35.5. The van der Waals surface area contributed by atoms with Gasteiger partial charge in [0, 0.05) is 6.54 Å². The highest BCUT2D eigenvalue weighted by Crippen LogP contribution is 2.13. The van der Waals surface area contributed by atoms with Crippen LogP contribution in [0.4, 0.5) is 0 Å². The van der Waals surface area contributed by atoms with Gasteiger partial charge in [0.15, 0.2) is 0 Å². The molecule has 20 heavy (non-hydrogen) atoms. The fourth-order valence-electron chi connectivity index (χ4n) is 1.65. The maximum absolute atomic E-state index is 11.1. The van der Waals surface area contributed by atoms with Crippen LogP contribution in [0.3, 0.4) is 0 Å². The lowest BCUT2D eigenvalue weighted by molar-refractivity contribution is -0.143. The van der Waals surface area contributed by atoms with Crippen molar-refractivity contribution >= 4 is 37.9 Å². The number of carboxylic acids is 1. The minimum Gasteiger partial charge on any atom is -0.480 e. The Bertz CT molecular complexity index is 250. The molecule has 1 atom stereocenters. The van der Waals surface area contributed by atoms with Gasteiger partial charge in [0.25, 0.3) is 0 Å². The third-order valence-electron chi connectivity index (χ3n) is 2.91. The van der Waals surface area contributed by atoms with Gasteiger partial charge in [0.05, 0.1) is 0 Å². The first-order valence-electron chi connectivity index (χ1n) is 6.51. The van der Waals surface area contributed by atoms with Gasteiger partial charge in [-0.15, -0.1) is 24.8 Å². The van der Waals surface area contributed by atoms with Gasteiger partial charge in [-0.2, -0.15) is 0 Å². The lowest BCUT2D eigenvalue weighted by Crippen LogP contribution is -2.55. The van der Waals surface area contributed by atoms with E-state index in [-0.39, 0.29) is 37.7 Å². The molecule has 9 heteroatoms. The predicted molar refractivity (Wildman–Crippen MR) is 85.7 cm³/mol. The van der Waals surface area contributed by atoms with Crippen LogP contribution in [-0.2, 0) is 4.79 Å². The van der Waals surface area contributed by atoms with E-state index in [1.165, 1.54) is 0 Å². The molecular formula is C11H27BCl2N2O4. The normalized spacial score (nSPS) is 12.8. The second kappa shape index (κ2) is 13.9. The van der Waals surface area contributed by atoms with E-state index in [0.29, 0.717) is 19.3 Å². The number of nitrogens with two attached hydrogens (primary N) is 1. The van der Waals surface area contributed by atoms with E-state index >= 15 is 0 Å². The largest absolute Gasteiger partial charge is 0.480 e. The first-order valence-corrected chi connectivity index (χ1v) is 6.51. The summed E-state index contributed by atoms with van der Waals surface area (Å²) in [6, 6.07) is 0. The van der Waals surface area contributed by atoms with Crippen LogP contribution < -0.4 is 11.1 Å². The van der Waals surface area contributed by atoms with E-state index in [1.54, 1.807) is 0 Å². The quantitative estimate of drug-likeness (QED) is 0.280. The van der Waals surface area contributed by atoms with Crippen LogP contribution in [0.1, 0.15) is 39.0 Å². The fraction of sp³-hybridized carbons (Fsp3) is 0.909. The van der Waals surface area contributed by atoms with Crippen molar-refractivity contribution in [1.29, 1.82) is 0 Å². The molecule has 6 nitrogen and oxygen atoms in total. The van der Waals surface area contributed by atoms with Gasteiger partial charge in [0.2, 0.25) is 0 Å². The Morgan fingerprint density at radius 3 is 2.30 bits per heavy atom. The summed E-state index contributed by atoms with van der Waals surface area (Å²) in [5.41, 5.74) is 4.58. The average molecular weight is 333 g/mol. The van der Waals surface area contributed by atoms with Crippen LogP contribution in [0.15, 0.2) is 0 Å². The molecule has 0 aliphatic heterocycles. The Balaban J connectivity index is -0.00000144. The maximum atomic E-state index is 11.1. The number of halogens is 2. The standard InChI is InChI=1S/C11H25BN2O4.2ClH/c1-2-3-8-14-9-11(13,10(15)16)6-4-5-7-12(17)18;;/h14,17-18H,2-9,13H2,1H3,(H,15,16);2*1H. The Morgan fingerprint density at radius 1 is 1.25 bits per heavy atom. The van der Waals surface area contributed by atoms with Crippen molar-refractivity contribution in [2.45, 2.75) is 50.9 Å². The van der Waals surface area contributed by atoms with Crippen LogP contribution >= 0.6 is 24.8 Å². The zero-order valence-corrected chi connectivity index (χ0v) is 13.5. The molecule has 0 radical (unpaired) electrons. The molecule has 0 fully saturated rings. The van der Waals surface area contributed by atoms with Crippen molar-refractivity contribution in [3.63, 3.8) is 0 Å². The number of hydrogen-bond acceptors (Lipinski definition) is 5. The Morgan fingerprint density at radius 2 is 1.85 bits per heavy atom. The number of aliphatic carboxylic acids is 1. The molecule has 122 valence electrons. The van der Waals surface area contributed by atoms with Gasteiger partial charge in [-0.25, -0.2) is 0 Å².